The molecular weight excluding hydrogens is 540 g/mol. The first-order valence-electron chi connectivity index (χ1n) is 14.5. The van der Waals surface area contributed by atoms with E-state index in [9.17, 15) is 0 Å². The van der Waals surface area contributed by atoms with Gasteiger partial charge in [-0.3, -0.25) is 9.55 Å². The summed E-state index contributed by atoms with van der Waals surface area (Å²) in [5.74, 6) is 0.796. The summed E-state index contributed by atoms with van der Waals surface area (Å²) in [6, 6.07) is 32.8. The minimum absolute atomic E-state index is 0.651. The molecule has 0 saturated heterocycles. The molecule has 7 aromatic rings. The summed E-state index contributed by atoms with van der Waals surface area (Å²) in [7, 11) is 0. The van der Waals surface area contributed by atoms with Gasteiger partial charge in [-0.1, -0.05) is 73.3 Å². The molecule has 0 aliphatic carbocycles. The Morgan fingerprint density at radius 1 is 0.795 bits per heavy atom. The van der Waals surface area contributed by atoms with Crippen LogP contribution in [0, 0.1) is 5.41 Å². The number of allylic oxidation sites excluding steroid dienone is 3. The van der Waals surface area contributed by atoms with Crippen molar-refractivity contribution < 1.29 is 0 Å². The van der Waals surface area contributed by atoms with Crippen molar-refractivity contribution in [3.63, 3.8) is 0 Å². The molecule has 44 heavy (non-hydrogen) atoms. The Balaban J connectivity index is 1.11. The van der Waals surface area contributed by atoms with Crippen LogP contribution in [0.1, 0.15) is 22.5 Å². The maximum absolute atomic E-state index is 7.96. The van der Waals surface area contributed by atoms with Gasteiger partial charge >= 0.3 is 0 Å². The zero-order valence-electron chi connectivity index (χ0n) is 24.1. The zero-order chi connectivity index (χ0) is 30.0. The normalized spacial score (nSPS) is 12.0. The van der Waals surface area contributed by atoms with Crippen molar-refractivity contribution in [2.45, 2.75) is 6.42 Å². The monoisotopic (exact) mass is 570 g/mol. The minimum Gasteiger partial charge on any atom is -0.398 e. The van der Waals surface area contributed by atoms with E-state index in [1.54, 1.807) is 6.08 Å². The second-order valence-electron chi connectivity index (χ2n) is 10.5. The van der Waals surface area contributed by atoms with E-state index in [-0.39, 0.29) is 0 Å². The van der Waals surface area contributed by atoms with Gasteiger partial charge in [-0.25, -0.2) is 4.98 Å². The van der Waals surface area contributed by atoms with E-state index in [0.717, 1.165) is 56.0 Å². The van der Waals surface area contributed by atoms with E-state index in [1.165, 1.54) is 17.0 Å². The number of para-hydroxylation sites is 2. The van der Waals surface area contributed by atoms with Crippen molar-refractivity contribution in [3.8, 4) is 11.5 Å². The van der Waals surface area contributed by atoms with Gasteiger partial charge in [-0.15, -0.1) is 0 Å². The molecule has 0 amide bonds. The van der Waals surface area contributed by atoms with Gasteiger partial charge in [0.25, 0.3) is 0 Å². The summed E-state index contributed by atoms with van der Waals surface area (Å²) >= 11 is 0. The number of pyridine rings is 2. The fourth-order valence-corrected chi connectivity index (χ4v) is 5.95. The lowest BCUT2D eigenvalue weighted by molar-refractivity contribution is 0.986. The van der Waals surface area contributed by atoms with Gasteiger partial charge in [-0.05, 0) is 60.2 Å². The van der Waals surface area contributed by atoms with Crippen LogP contribution in [-0.2, 0) is 6.42 Å². The lowest BCUT2D eigenvalue weighted by atomic mass is 10.1. The average Bonchev–Trinajstić information content (AvgIpc) is 3.59. The Morgan fingerprint density at radius 3 is 2.30 bits per heavy atom. The van der Waals surface area contributed by atoms with Crippen molar-refractivity contribution in [1.29, 1.82) is 5.41 Å². The number of rotatable bonds is 8. The lowest BCUT2D eigenvalue weighted by Crippen LogP contribution is -2.02. The number of benzene rings is 3. The molecule has 3 aromatic carbocycles. The Hall–Kier alpha value is -6.01. The summed E-state index contributed by atoms with van der Waals surface area (Å²) in [4.78, 5) is 9.30. The predicted molar refractivity (Wildman–Crippen MR) is 183 cm³/mol. The standard InChI is InChI=1S/C38H30N6/c1-2-34-32(24-39)30-13-5-8-16-36(30)44(34)38-17-9-11-27(42-38)10-3-6-14-33(40)26-18-20-28(21-19-26)43-35-15-7-4-12-29(35)31-22-23-41-25-37(31)43/h2-9,11-25,39H,1,10,40H2/b6-3-,33-14-,39-24?. The lowest BCUT2D eigenvalue weighted by Gasteiger charge is -2.09. The van der Waals surface area contributed by atoms with Crippen LogP contribution in [0.5, 0.6) is 0 Å². The molecule has 212 valence electrons. The Kier molecular flexibility index (Phi) is 6.93. The molecule has 7 rings (SSSR count). The van der Waals surface area contributed by atoms with Crippen LogP contribution in [0.15, 0.2) is 134 Å². The highest BCUT2D eigenvalue weighted by Crippen LogP contribution is 2.32. The van der Waals surface area contributed by atoms with Crippen LogP contribution in [0.2, 0.25) is 0 Å². The first-order chi connectivity index (χ1) is 21.7. The molecule has 0 unspecified atom stereocenters. The summed E-state index contributed by atoms with van der Waals surface area (Å²) < 4.78 is 4.30. The van der Waals surface area contributed by atoms with E-state index in [0.29, 0.717) is 12.1 Å². The van der Waals surface area contributed by atoms with E-state index in [4.69, 9.17) is 16.1 Å². The van der Waals surface area contributed by atoms with Crippen LogP contribution >= 0.6 is 0 Å². The van der Waals surface area contributed by atoms with E-state index in [2.05, 4.69) is 81.4 Å². The fourth-order valence-electron chi connectivity index (χ4n) is 5.95. The van der Waals surface area contributed by atoms with Gasteiger partial charge in [0.1, 0.15) is 5.82 Å². The number of aromatic nitrogens is 4. The molecule has 0 saturated carbocycles. The molecule has 0 atom stereocenters. The molecule has 4 aromatic heterocycles. The second-order valence-corrected chi connectivity index (χ2v) is 10.5. The summed E-state index contributed by atoms with van der Waals surface area (Å²) in [5, 5.41) is 11.4. The number of nitrogens with zero attached hydrogens (tertiary/aromatic N) is 4. The van der Waals surface area contributed by atoms with Gasteiger partial charge in [-0.2, -0.15) is 0 Å². The third-order valence-corrected chi connectivity index (χ3v) is 7.98. The number of hydrogen-bond acceptors (Lipinski definition) is 4. The van der Waals surface area contributed by atoms with Crippen LogP contribution in [-0.4, -0.2) is 25.3 Å². The quantitative estimate of drug-likeness (QED) is 0.142. The molecule has 4 heterocycles. The smallest absolute Gasteiger partial charge is 0.137 e. The maximum atomic E-state index is 7.96. The van der Waals surface area contributed by atoms with Gasteiger partial charge in [0, 0.05) is 57.6 Å². The SMILES string of the molecule is C=Cc1c(C=N)c2ccccc2n1-c1cccc(C/C=C\C=C(/N)c2ccc(-n3c4ccccc4c4ccncc43)cc2)n1. The van der Waals surface area contributed by atoms with Crippen LogP contribution < -0.4 is 5.73 Å². The van der Waals surface area contributed by atoms with Gasteiger partial charge in [0.05, 0.1) is 28.4 Å². The molecule has 0 aliphatic rings. The van der Waals surface area contributed by atoms with E-state index < -0.39 is 0 Å². The van der Waals surface area contributed by atoms with E-state index in [1.807, 2.05) is 67.0 Å². The van der Waals surface area contributed by atoms with Gasteiger partial charge in [0.2, 0.25) is 0 Å². The van der Waals surface area contributed by atoms with Crippen molar-refractivity contribution in [2.24, 2.45) is 5.73 Å². The summed E-state index contributed by atoms with van der Waals surface area (Å²) in [6.07, 6.45) is 13.5. The first-order valence-corrected chi connectivity index (χ1v) is 14.5. The molecule has 0 fully saturated rings. The van der Waals surface area contributed by atoms with Crippen LogP contribution in [0.25, 0.3) is 56.0 Å². The number of hydrogen-bond donors (Lipinski definition) is 2. The molecule has 0 aliphatic heterocycles. The predicted octanol–water partition coefficient (Wildman–Crippen LogP) is 8.26. The molecule has 6 heteroatoms. The highest BCUT2D eigenvalue weighted by atomic mass is 15.1. The fraction of sp³-hybridized carbons (Fsp3) is 0.0263. The Morgan fingerprint density at radius 2 is 1.52 bits per heavy atom. The number of nitrogens with two attached hydrogens (primary N) is 1. The average molecular weight is 571 g/mol. The third-order valence-electron chi connectivity index (χ3n) is 7.98. The number of nitrogens with one attached hydrogen (secondary N) is 1. The molecule has 0 bridgehead atoms. The Bertz CT molecular complexity index is 2190. The summed E-state index contributed by atoms with van der Waals surface area (Å²) in [5.41, 5.74) is 15.0. The largest absolute Gasteiger partial charge is 0.398 e. The second kappa shape index (κ2) is 11.3. The van der Waals surface area contributed by atoms with Crippen molar-refractivity contribution in [2.75, 3.05) is 0 Å². The maximum Gasteiger partial charge on any atom is 0.137 e. The minimum atomic E-state index is 0.651. The van der Waals surface area contributed by atoms with Gasteiger partial charge < -0.3 is 15.7 Å². The molecule has 0 radical (unpaired) electrons. The molecular formula is C38H30N6. The van der Waals surface area contributed by atoms with E-state index >= 15 is 0 Å². The van der Waals surface area contributed by atoms with Crippen LogP contribution in [0.3, 0.4) is 0 Å². The van der Waals surface area contributed by atoms with Crippen molar-refractivity contribution >= 4 is 50.7 Å². The topological polar surface area (TPSA) is 85.5 Å². The third kappa shape index (κ3) is 4.59. The Labute approximate surface area is 255 Å². The van der Waals surface area contributed by atoms with Crippen LogP contribution in [0.4, 0.5) is 0 Å². The van der Waals surface area contributed by atoms with Crippen molar-refractivity contribution in [3.05, 3.63) is 157 Å². The highest BCUT2D eigenvalue weighted by Gasteiger charge is 2.16. The highest BCUT2D eigenvalue weighted by molar-refractivity contribution is 6.09. The zero-order valence-corrected chi connectivity index (χ0v) is 24.1. The van der Waals surface area contributed by atoms with Crippen molar-refractivity contribution in [1.82, 2.24) is 19.1 Å². The molecule has 0 spiro atoms. The van der Waals surface area contributed by atoms with Gasteiger partial charge in [0.15, 0.2) is 0 Å². The molecule has 3 N–H and O–H groups in total. The summed E-state index contributed by atoms with van der Waals surface area (Å²) in [6.45, 7) is 4.00. The number of fused-ring (bicyclic) bond motifs is 4. The first kappa shape index (κ1) is 26.9. The molecule has 6 nitrogen and oxygen atoms in total.